The summed E-state index contributed by atoms with van der Waals surface area (Å²) in [5, 5.41) is 6.01. The number of amides is 1. The van der Waals surface area contributed by atoms with Crippen LogP contribution >= 0.6 is 0 Å². The van der Waals surface area contributed by atoms with Crippen molar-refractivity contribution in [3.63, 3.8) is 0 Å². The van der Waals surface area contributed by atoms with Crippen molar-refractivity contribution in [3.05, 3.63) is 46.8 Å². The predicted molar refractivity (Wildman–Crippen MR) is 88.6 cm³/mol. The van der Waals surface area contributed by atoms with Gasteiger partial charge in [0.2, 0.25) is 5.95 Å². The normalized spacial score (nSPS) is 10.6. The van der Waals surface area contributed by atoms with E-state index in [0.29, 0.717) is 11.6 Å². The van der Waals surface area contributed by atoms with Crippen molar-refractivity contribution >= 4 is 17.5 Å². The first-order chi connectivity index (χ1) is 10.3. The van der Waals surface area contributed by atoms with Gasteiger partial charge in [0.1, 0.15) is 5.69 Å². The van der Waals surface area contributed by atoms with Crippen molar-refractivity contribution in [2.24, 2.45) is 0 Å². The molecule has 0 radical (unpaired) electrons. The van der Waals surface area contributed by atoms with Crippen molar-refractivity contribution in [2.75, 3.05) is 5.32 Å². The number of aryl methyl sites for hydroxylation is 3. The maximum Gasteiger partial charge on any atom is 0.270 e. The highest BCUT2D eigenvalue weighted by Crippen LogP contribution is 2.17. The summed E-state index contributed by atoms with van der Waals surface area (Å²) in [6, 6.07) is 7.89. The second-order valence-electron chi connectivity index (χ2n) is 5.85. The first kappa shape index (κ1) is 15.9. The smallest absolute Gasteiger partial charge is 0.270 e. The highest BCUT2D eigenvalue weighted by atomic mass is 16.1. The number of hydrogen-bond donors (Lipinski definition) is 2. The Hall–Kier alpha value is -2.43. The first-order valence-corrected chi connectivity index (χ1v) is 7.35. The van der Waals surface area contributed by atoms with E-state index in [4.69, 9.17) is 0 Å². The lowest BCUT2D eigenvalue weighted by atomic mass is 10.1. The molecule has 1 aromatic carbocycles. The Balaban J connectivity index is 2.28. The van der Waals surface area contributed by atoms with Crippen molar-refractivity contribution in [1.82, 2.24) is 15.3 Å². The molecule has 116 valence electrons. The van der Waals surface area contributed by atoms with E-state index in [9.17, 15) is 4.79 Å². The molecule has 0 unspecified atom stereocenters. The average molecular weight is 298 g/mol. The number of benzene rings is 1. The molecule has 2 N–H and O–H groups in total. The zero-order valence-electron chi connectivity index (χ0n) is 13.7. The highest BCUT2D eigenvalue weighted by Gasteiger charge is 2.11. The topological polar surface area (TPSA) is 66.9 Å². The maximum absolute atomic E-state index is 12.1. The van der Waals surface area contributed by atoms with E-state index in [1.54, 1.807) is 6.07 Å². The van der Waals surface area contributed by atoms with Crippen molar-refractivity contribution in [1.29, 1.82) is 0 Å². The lowest BCUT2D eigenvalue weighted by Gasteiger charge is -2.11. The molecule has 0 fully saturated rings. The zero-order chi connectivity index (χ0) is 16.3. The van der Waals surface area contributed by atoms with Gasteiger partial charge >= 0.3 is 0 Å². The van der Waals surface area contributed by atoms with Crippen LogP contribution in [0.2, 0.25) is 0 Å². The molecule has 0 aliphatic heterocycles. The molecule has 22 heavy (non-hydrogen) atoms. The number of carbonyl (C=O) groups excluding carboxylic acids is 1. The van der Waals surface area contributed by atoms with E-state index in [2.05, 4.69) is 26.7 Å². The molecule has 0 aliphatic rings. The molecule has 5 heteroatoms. The van der Waals surface area contributed by atoms with E-state index >= 15 is 0 Å². The van der Waals surface area contributed by atoms with Gasteiger partial charge in [-0.3, -0.25) is 4.79 Å². The fraction of sp³-hybridized carbons (Fsp3) is 0.353. The van der Waals surface area contributed by atoms with Gasteiger partial charge in [-0.2, -0.15) is 0 Å². The monoisotopic (exact) mass is 298 g/mol. The lowest BCUT2D eigenvalue weighted by molar-refractivity contribution is 0.0938. The van der Waals surface area contributed by atoms with Crippen LogP contribution < -0.4 is 10.6 Å². The number of nitrogens with one attached hydrogen (secondary N) is 2. The minimum Gasteiger partial charge on any atom is -0.349 e. The highest BCUT2D eigenvalue weighted by molar-refractivity contribution is 5.92. The van der Waals surface area contributed by atoms with Gasteiger partial charge in [0.05, 0.1) is 0 Å². The standard InChI is InChI=1S/C17H22N4O/c1-10(2)18-16(22)15-9-13(5)19-17(21-15)20-14-7-11(3)6-12(4)8-14/h6-10H,1-5H3,(H,18,22)(H,19,20,21). The second kappa shape index (κ2) is 6.56. The van der Waals surface area contributed by atoms with Gasteiger partial charge in [-0.25, -0.2) is 9.97 Å². The number of anilines is 2. The molecular weight excluding hydrogens is 276 g/mol. The number of carbonyl (C=O) groups is 1. The minimum atomic E-state index is -0.191. The van der Waals surface area contributed by atoms with Crippen LogP contribution in [-0.2, 0) is 0 Å². The fourth-order valence-corrected chi connectivity index (χ4v) is 2.25. The molecule has 0 atom stereocenters. The maximum atomic E-state index is 12.1. The van der Waals surface area contributed by atoms with E-state index in [-0.39, 0.29) is 11.9 Å². The summed E-state index contributed by atoms with van der Waals surface area (Å²) in [5.41, 5.74) is 4.35. The van der Waals surface area contributed by atoms with E-state index in [0.717, 1.165) is 22.5 Å². The third-order valence-electron chi connectivity index (χ3n) is 2.98. The number of rotatable bonds is 4. The molecule has 1 aromatic heterocycles. The third kappa shape index (κ3) is 4.28. The Morgan fingerprint density at radius 2 is 1.64 bits per heavy atom. The first-order valence-electron chi connectivity index (χ1n) is 7.35. The summed E-state index contributed by atoms with van der Waals surface area (Å²) < 4.78 is 0. The quantitative estimate of drug-likeness (QED) is 0.909. The van der Waals surface area contributed by atoms with Crippen LogP contribution in [0.15, 0.2) is 24.3 Å². The minimum absolute atomic E-state index is 0.0682. The molecule has 0 saturated carbocycles. The van der Waals surface area contributed by atoms with Gasteiger partial charge in [0.25, 0.3) is 5.91 Å². The SMILES string of the molecule is Cc1cc(C)cc(Nc2nc(C)cc(C(=O)NC(C)C)n2)c1. The summed E-state index contributed by atoms with van der Waals surface area (Å²) in [6.45, 7) is 9.76. The third-order valence-corrected chi connectivity index (χ3v) is 2.98. The predicted octanol–water partition coefficient (Wildman–Crippen LogP) is 3.28. The Labute approximate surface area is 131 Å². The van der Waals surface area contributed by atoms with Gasteiger partial charge in [0.15, 0.2) is 0 Å². The van der Waals surface area contributed by atoms with Crippen molar-refractivity contribution in [2.45, 2.75) is 40.7 Å². The average Bonchev–Trinajstić information content (AvgIpc) is 2.35. The van der Waals surface area contributed by atoms with E-state index in [1.807, 2.05) is 46.8 Å². The Kier molecular flexibility index (Phi) is 4.75. The van der Waals surface area contributed by atoms with Crippen LogP contribution in [0.5, 0.6) is 0 Å². The van der Waals surface area contributed by atoms with Crippen LogP contribution in [0.4, 0.5) is 11.6 Å². The van der Waals surface area contributed by atoms with Crippen LogP contribution in [-0.4, -0.2) is 21.9 Å². The second-order valence-corrected chi connectivity index (χ2v) is 5.85. The van der Waals surface area contributed by atoms with Gasteiger partial charge < -0.3 is 10.6 Å². The summed E-state index contributed by atoms with van der Waals surface area (Å²) in [4.78, 5) is 20.7. The zero-order valence-corrected chi connectivity index (χ0v) is 13.7. The molecule has 0 spiro atoms. The molecule has 2 rings (SSSR count). The molecule has 5 nitrogen and oxygen atoms in total. The molecule has 1 amide bonds. The van der Waals surface area contributed by atoms with Crippen LogP contribution in [0.1, 0.15) is 41.2 Å². The number of hydrogen-bond acceptors (Lipinski definition) is 4. The van der Waals surface area contributed by atoms with Crippen LogP contribution in [0, 0.1) is 20.8 Å². The molecule has 1 heterocycles. The largest absolute Gasteiger partial charge is 0.349 e. The summed E-state index contributed by atoms with van der Waals surface area (Å²) in [7, 11) is 0. The Morgan fingerprint density at radius 3 is 2.23 bits per heavy atom. The molecule has 0 aliphatic carbocycles. The molecular formula is C17H22N4O. The summed E-state index contributed by atoms with van der Waals surface area (Å²) in [6.07, 6.45) is 0. The van der Waals surface area contributed by atoms with Crippen LogP contribution in [0.3, 0.4) is 0 Å². The molecule has 0 saturated heterocycles. The van der Waals surface area contributed by atoms with Crippen molar-refractivity contribution in [3.8, 4) is 0 Å². The van der Waals surface area contributed by atoms with Gasteiger partial charge in [-0.05, 0) is 63.9 Å². The Morgan fingerprint density at radius 1 is 1.00 bits per heavy atom. The van der Waals surface area contributed by atoms with Crippen molar-refractivity contribution < 1.29 is 4.79 Å². The molecule has 0 bridgehead atoms. The fourth-order valence-electron chi connectivity index (χ4n) is 2.25. The summed E-state index contributed by atoms with van der Waals surface area (Å²) in [5.74, 6) is 0.239. The summed E-state index contributed by atoms with van der Waals surface area (Å²) >= 11 is 0. The lowest BCUT2D eigenvalue weighted by Crippen LogP contribution is -2.31. The number of nitrogens with zero attached hydrogens (tertiary/aromatic N) is 2. The Bertz CT molecular complexity index is 675. The number of aromatic nitrogens is 2. The van der Waals surface area contributed by atoms with Crippen LogP contribution in [0.25, 0.3) is 0 Å². The van der Waals surface area contributed by atoms with Gasteiger partial charge in [-0.1, -0.05) is 6.07 Å². The molecule has 2 aromatic rings. The van der Waals surface area contributed by atoms with E-state index in [1.165, 1.54) is 0 Å². The van der Waals surface area contributed by atoms with Gasteiger partial charge in [0, 0.05) is 17.4 Å². The van der Waals surface area contributed by atoms with E-state index < -0.39 is 0 Å². The van der Waals surface area contributed by atoms with Gasteiger partial charge in [-0.15, -0.1) is 0 Å².